The van der Waals surface area contributed by atoms with Crippen molar-refractivity contribution in [2.24, 2.45) is 5.41 Å². The summed E-state index contributed by atoms with van der Waals surface area (Å²) in [5, 5.41) is 3.20. The molecule has 1 fully saturated rings. The van der Waals surface area contributed by atoms with Crippen LogP contribution in [0, 0.1) is 5.41 Å². The van der Waals surface area contributed by atoms with E-state index >= 15 is 0 Å². The highest BCUT2D eigenvalue weighted by Crippen LogP contribution is 2.54. The number of anilines is 1. The Hall–Kier alpha value is -2.69. The monoisotopic (exact) mass is 416 g/mol. The molecule has 2 bridgehead atoms. The highest BCUT2D eigenvalue weighted by Gasteiger charge is 2.38. The summed E-state index contributed by atoms with van der Waals surface area (Å²) in [7, 11) is 0. The second-order valence-electron chi connectivity index (χ2n) is 11.3. The molecule has 2 unspecified atom stereocenters. The second kappa shape index (κ2) is 6.65. The van der Waals surface area contributed by atoms with Gasteiger partial charge in [-0.2, -0.15) is 0 Å². The summed E-state index contributed by atoms with van der Waals surface area (Å²) in [6.07, 6.45) is 3.76. The molecular weight excluding hydrogens is 384 g/mol. The van der Waals surface area contributed by atoms with Crippen molar-refractivity contribution in [3.63, 3.8) is 0 Å². The molecule has 31 heavy (non-hydrogen) atoms. The van der Waals surface area contributed by atoms with Crippen LogP contribution in [-0.4, -0.2) is 20.9 Å². The fourth-order valence-electron chi connectivity index (χ4n) is 4.93. The largest absolute Gasteiger partial charge is 0.337 e. The minimum absolute atomic E-state index is 0.0149. The number of nitrogens with one attached hydrogen (secondary N) is 2. The number of carbonyl (C=O) groups is 1. The van der Waals surface area contributed by atoms with E-state index in [1.54, 1.807) is 0 Å². The number of aromatic amines is 1. The van der Waals surface area contributed by atoms with Crippen LogP contribution < -0.4 is 5.32 Å². The van der Waals surface area contributed by atoms with Gasteiger partial charge in [0.15, 0.2) is 5.65 Å². The standard InChI is InChI=1S/C26H32N4O/c1-25(2,3)21-10-9-19-23(29-21)30-22(27-19)18-12-16-14-7-8-15(11-14)17(16)13-20(18)28-24(31)26(4,5)6/h9-10,12-15H,7-8,11H2,1-6H3,(H,28,31)(H,27,29,30). The van der Waals surface area contributed by atoms with Gasteiger partial charge < -0.3 is 10.3 Å². The van der Waals surface area contributed by atoms with E-state index in [1.807, 2.05) is 20.8 Å². The van der Waals surface area contributed by atoms with Crippen LogP contribution in [0.1, 0.15) is 89.5 Å². The first-order valence-electron chi connectivity index (χ1n) is 11.4. The molecule has 2 heterocycles. The van der Waals surface area contributed by atoms with E-state index < -0.39 is 5.41 Å². The lowest BCUT2D eigenvalue weighted by atomic mass is 9.89. The van der Waals surface area contributed by atoms with Crippen molar-refractivity contribution in [2.45, 2.75) is 78.1 Å². The van der Waals surface area contributed by atoms with Gasteiger partial charge in [0.25, 0.3) is 0 Å². The number of amides is 1. The molecule has 2 N–H and O–H groups in total. The Balaban J connectivity index is 1.64. The molecule has 1 aromatic carbocycles. The van der Waals surface area contributed by atoms with E-state index in [9.17, 15) is 4.79 Å². The first kappa shape index (κ1) is 20.2. The van der Waals surface area contributed by atoms with Crippen molar-refractivity contribution in [1.82, 2.24) is 15.0 Å². The summed E-state index contributed by atoms with van der Waals surface area (Å²) in [5.74, 6) is 2.05. The lowest BCUT2D eigenvalue weighted by Gasteiger charge is -2.22. The van der Waals surface area contributed by atoms with Gasteiger partial charge >= 0.3 is 0 Å². The molecule has 2 atom stereocenters. The molecule has 0 aliphatic heterocycles. The van der Waals surface area contributed by atoms with Gasteiger partial charge in [-0.05, 0) is 66.5 Å². The molecule has 5 heteroatoms. The first-order valence-corrected chi connectivity index (χ1v) is 11.4. The maximum Gasteiger partial charge on any atom is 0.229 e. The maximum atomic E-state index is 12.9. The van der Waals surface area contributed by atoms with Crippen molar-refractivity contribution in [3.05, 3.63) is 41.1 Å². The van der Waals surface area contributed by atoms with Crippen LogP contribution >= 0.6 is 0 Å². The van der Waals surface area contributed by atoms with Gasteiger partial charge in [0.05, 0.1) is 11.2 Å². The third kappa shape index (κ3) is 3.44. The molecule has 5 rings (SSSR count). The number of nitrogens with zero attached hydrogens (tertiary/aromatic N) is 2. The summed E-state index contributed by atoms with van der Waals surface area (Å²) < 4.78 is 0. The minimum atomic E-state index is -0.466. The SMILES string of the molecule is CC(C)(C)C(=O)Nc1cc2c(cc1-c1nc3nc(C(C)(C)C)ccc3[nH]1)C1CCC2C1. The highest BCUT2D eigenvalue weighted by molar-refractivity contribution is 5.98. The number of imidazole rings is 1. The van der Waals surface area contributed by atoms with Crippen LogP contribution in [0.3, 0.4) is 0 Å². The molecule has 0 radical (unpaired) electrons. The minimum Gasteiger partial charge on any atom is -0.337 e. The molecule has 3 aromatic rings. The predicted molar refractivity (Wildman–Crippen MR) is 125 cm³/mol. The van der Waals surface area contributed by atoms with Crippen molar-refractivity contribution < 1.29 is 4.79 Å². The third-order valence-electron chi connectivity index (χ3n) is 6.83. The summed E-state index contributed by atoms with van der Waals surface area (Å²) >= 11 is 0. The van der Waals surface area contributed by atoms with E-state index in [-0.39, 0.29) is 11.3 Å². The summed E-state index contributed by atoms with van der Waals surface area (Å²) in [4.78, 5) is 26.0. The Morgan fingerprint density at radius 1 is 1.00 bits per heavy atom. The molecule has 2 aromatic heterocycles. The number of H-pyrrole nitrogens is 1. The molecule has 1 saturated carbocycles. The number of pyridine rings is 1. The number of benzene rings is 1. The molecule has 2 aliphatic carbocycles. The third-order valence-corrected chi connectivity index (χ3v) is 6.83. The average Bonchev–Trinajstić information content (AvgIpc) is 3.39. The molecule has 2 aliphatic rings. The number of carbonyl (C=O) groups excluding carboxylic acids is 1. The van der Waals surface area contributed by atoms with Crippen molar-refractivity contribution in [3.8, 4) is 11.4 Å². The van der Waals surface area contributed by atoms with Crippen LogP contribution in [-0.2, 0) is 10.2 Å². The van der Waals surface area contributed by atoms with Crippen LogP contribution in [0.5, 0.6) is 0 Å². The van der Waals surface area contributed by atoms with Gasteiger partial charge in [0, 0.05) is 22.1 Å². The Kier molecular flexibility index (Phi) is 4.34. The zero-order valence-corrected chi connectivity index (χ0v) is 19.4. The average molecular weight is 417 g/mol. The van der Waals surface area contributed by atoms with Crippen LogP contribution in [0.2, 0.25) is 0 Å². The summed E-state index contributed by atoms with van der Waals surface area (Å²) in [6, 6.07) is 8.59. The number of fused-ring (bicyclic) bond motifs is 6. The second-order valence-corrected chi connectivity index (χ2v) is 11.3. The predicted octanol–water partition coefficient (Wildman–Crippen LogP) is 6.27. The van der Waals surface area contributed by atoms with E-state index in [2.05, 4.69) is 55.3 Å². The van der Waals surface area contributed by atoms with Crippen LogP contribution in [0.15, 0.2) is 24.3 Å². The lowest BCUT2D eigenvalue weighted by Crippen LogP contribution is -2.28. The van der Waals surface area contributed by atoms with Gasteiger partial charge in [-0.15, -0.1) is 0 Å². The Bertz CT molecular complexity index is 1190. The van der Waals surface area contributed by atoms with Crippen LogP contribution in [0.4, 0.5) is 5.69 Å². The Labute approximate surface area is 184 Å². The molecule has 5 nitrogen and oxygen atoms in total. The van der Waals surface area contributed by atoms with Gasteiger partial charge in [0.1, 0.15) is 5.82 Å². The fraction of sp³-hybridized carbons (Fsp3) is 0.500. The van der Waals surface area contributed by atoms with Crippen molar-refractivity contribution >= 4 is 22.8 Å². The van der Waals surface area contributed by atoms with Crippen molar-refractivity contribution in [1.29, 1.82) is 0 Å². The zero-order chi connectivity index (χ0) is 22.1. The van der Waals surface area contributed by atoms with Crippen LogP contribution in [0.25, 0.3) is 22.6 Å². The number of hydrogen-bond donors (Lipinski definition) is 2. The molecule has 0 saturated heterocycles. The fourth-order valence-corrected chi connectivity index (χ4v) is 4.93. The number of aromatic nitrogens is 3. The number of hydrogen-bond acceptors (Lipinski definition) is 3. The van der Waals surface area contributed by atoms with E-state index in [1.165, 1.54) is 30.4 Å². The highest BCUT2D eigenvalue weighted by atomic mass is 16.2. The molecule has 1 amide bonds. The quantitative estimate of drug-likeness (QED) is 0.517. The Morgan fingerprint density at radius 3 is 2.32 bits per heavy atom. The van der Waals surface area contributed by atoms with Gasteiger partial charge in [-0.25, -0.2) is 9.97 Å². The van der Waals surface area contributed by atoms with Crippen molar-refractivity contribution in [2.75, 3.05) is 5.32 Å². The van der Waals surface area contributed by atoms with Gasteiger partial charge in [-0.3, -0.25) is 4.79 Å². The van der Waals surface area contributed by atoms with E-state index in [0.29, 0.717) is 11.8 Å². The molecular formula is C26H32N4O. The van der Waals surface area contributed by atoms with Gasteiger partial charge in [-0.1, -0.05) is 41.5 Å². The molecule has 0 spiro atoms. The number of rotatable bonds is 2. The topological polar surface area (TPSA) is 70.7 Å². The normalized spacial score (nSPS) is 20.3. The zero-order valence-electron chi connectivity index (χ0n) is 19.4. The summed E-state index contributed by atoms with van der Waals surface area (Å²) in [5.41, 5.74) is 6.80. The smallest absolute Gasteiger partial charge is 0.229 e. The lowest BCUT2D eigenvalue weighted by molar-refractivity contribution is -0.123. The van der Waals surface area contributed by atoms with E-state index in [0.717, 1.165) is 33.9 Å². The Morgan fingerprint density at radius 2 is 1.68 bits per heavy atom. The van der Waals surface area contributed by atoms with E-state index in [4.69, 9.17) is 9.97 Å². The first-order chi connectivity index (χ1) is 14.5. The molecule has 162 valence electrons. The van der Waals surface area contributed by atoms with Gasteiger partial charge in [0.2, 0.25) is 5.91 Å². The summed E-state index contributed by atoms with van der Waals surface area (Å²) in [6.45, 7) is 12.3. The maximum absolute atomic E-state index is 12.9.